The van der Waals surface area contributed by atoms with Crippen molar-refractivity contribution in [3.63, 3.8) is 0 Å². The van der Waals surface area contributed by atoms with Crippen LogP contribution in [0.4, 0.5) is 4.79 Å². The first-order valence-electron chi connectivity index (χ1n) is 8.04. The molecule has 1 heterocycles. The zero-order valence-electron chi connectivity index (χ0n) is 14.0. The normalized spacial score (nSPS) is 14.0. The van der Waals surface area contributed by atoms with Crippen molar-refractivity contribution in [3.05, 3.63) is 15.6 Å². The minimum absolute atomic E-state index is 0.0801. The standard InChI is InChI=1S/C16H25N3O3S/c1-16(2,3)22-15(21)18-10-13(20)17-9-8-14-19-11-6-4-5-7-12(11)23-14/h4-10H2,1-3H3,(H,17,20)(H,18,21). The van der Waals surface area contributed by atoms with Crippen LogP contribution in [-0.4, -0.2) is 35.7 Å². The van der Waals surface area contributed by atoms with Gasteiger partial charge in [0.15, 0.2) is 0 Å². The number of hydrogen-bond donors (Lipinski definition) is 2. The quantitative estimate of drug-likeness (QED) is 0.862. The minimum Gasteiger partial charge on any atom is -0.444 e. The summed E-state index contributed by atoms with van der Waals surface area (Å²) in [6.45, 7) is 5.78. The van der Waals surface area contributed by atoms with Gasteiger partial charge < -0.3 is 15.4 Å². The van der Waals surface area contributed by atoms with Crippen LogP contribution in [0, 0.1) is 0 Å². The third-order valence-corrected chi connectivity index (χ3v) is 4.56. The summed E-state index contributed by atoms with van der Waals surface area (Å²) in [5.41, 5.74) is 0.680. The number of thiazole rings is 1. The summed E-state index contributed by atoms with van der Waals surface area (Å²) in [6.07, 6.45) is 4.85. The lowest BCUT2D eigenvalue weighted by molar-refractivity contribution is -0.120. The monoisotopic (exact) mass is 339 g/mol. The van der Waals surface area contributed by atoms with Gasteiger partial charge in [-0.1, -0.05) is 0 Å². The maximum absolute atomic E-state index is 11.7. The van der Waals surface area contributed by atoms with E-state index in [2.05, 4.69) is 15.6 Å². The Morgan fingerprint density at radius 1 is 1.22 bits per heavy atom. The van der Waals surface area contributed by atoms with Crippen LogP contribution in [0.1, 0.15) is 49.2 Å². The Balaban J connectivity index is 1.65. The van der Waals surface area contributed by atoms with Crippen LogP contribution in [0.25, 0.3) is 0 Å². The highest BCUT2D eigenvalue weighted by molar-refractivity contribution is 7.11. The topological polar surface area (TPSA) is 80.3 Å². The number of fused-ring (bicyclic) bond motifs is 1. The molecule has 2 N–H and O–H groups in total. The average Bonchev–Trinajstić information content (AvgIpc) is 2.86. The molecule has 0 aromatic carbocycles. The van der Waals surface area contributed by atoms with Crippen LogP contribution < -0.4 is 10.6 Å². The Kier molecular flexibility index (Phi) is 5.98. The van der Waals surface area contributed by atoms with Crippen LogP contribution >= 0.6 is 11.3 Å². The summed E-state index contributed by atoms with van der Waals surface area (Å²) in [6, 6.07) is 0. The summed E-state index contributed by atoms with van der Waals surface area (Å²) in [5, 5.41) is 6.31. The number of carbonyl (C=O) groups excluding carboxylic acids is 2. The molecule has 0 bridgehead atoms. The number of hydrogen-bond acceptors (Lipinski definition) is 5. The van der Waals surface area contributed by atoms with E-state index >= 15 is 0 Å². The molecule has 2 amide bonds. The zero-order valence-corrected chi connectivity index (χ0v) is 14.8. The fraction of sp³-hybridized carbons (Fsp3) is 0.688. The summed E-state index contributed by atoms with van der Waals surface area (Å²) >= 11 is 1.76. The maximum Gasteiger partial charge on any atom is 0.408 e. The molecule has 1 aliphatic carbocycles. The van der Waals surface area contributed by atoms with E-state index in [1.165, 1.54) is 23.4 Å². The first-order chi connectivity index (χ1) is 10.8. The van der Waals surface area contributed by atoms with Gasteiger partial charge in [-0.25, -0.2) is 9.78 Å². The molecule has 23 heavy (non-hydrogen) atoms. The minimum atomic E-state index is -0.583. The molecule has 0 saturated heterocycles. The third-order valence-electron chi connectivity index (χ3n) is 3.34. The molecule has 7 heteroatoms. The fourth-order valence-corrected chi connectivity index (χ4v) is 3.51. The third kappa shape index (κ3) is 6.17. The summed E-state index contributed by atoms with van der Waals surface area (Å²) in [5.74, 6) is -0.225. The van der Waals surface area contributed by atoms with Crippen molar-refractivity contribution in [2.75, 3.05) is 13.1 Å². The van der Waals surface area contributed by atoms with Crippen LogP contribution in [0.2, 0.25) is 0 Å². The number of amides is 2. The molecule has 0 atom stereocenters. The van der Waals surface area contributed by atoms with E-state index in [9.17, 15) is 9.59 Å². The van der Waals surface area contributed by atoms with E-state index in [1.54, 1.807) is 32.1 Å². The molecule has 0 unspecified atom stereocenters. The van der Waals surface area contributed by atoms with Crippen molar-refractivity contribution in [2.24, 2.45) is 0 Å². The average molecular weight is 339 g/mol. The number of rotatable bonds is 5. The Morgan fingerprint density at radius 3 is 2.65 bits per heavy atom. The first kappa shape index (κ1) is 17.7. The van der Waals surface area contributed by atoms with Crippen molar-refractivity contribution >= 4 is 23.3 Å². The highest BCUT2D eigenvalue weighted by Crippen LogP contribution is 2.26. The largest absolute Gasteiger partial charge is 0.444 e. The molecular formula is C16H25N3O3S. The Labute approximate surface area is 141 Å². The number of nitrogens with one attached hydrogen (secondary N) is 2. The predicted octanol–water partition coefficient (Wildman–Crippen LogP) is 2.21. The van der Waals surface area contributed by atoms with E-state index in [1.807, 2.05) is 0 Å². The Morgan fingerprint density at radius 2 is 1.96 bits per heavy atom. The summed E-state index contributed by atoms with van der Waals surface area (Å²) in [7, 11) is 0. The predicted molar refractivity (Wildman–Crippen MR) is 89.7 cm³/mol. The molecule has 6 nitrogen and oxygen atoms in total. The molecule has 0 fully saturated rings. The van der Waals surface area contributed by atoms with Gasteiger partial charge in [0.05, 0.1) is 17.2 Å². The highest BCUT2D eigenvalue weighted by Gasteiger charge is 2.17. The Bertz CT molecular complexity index is 540. The molecule has 2 rings (SSSR count). The van der Waals surface area contributed by atoms with E-state index in [0.29, 0.717) is 6.54 Å². The molecule has 0 aliphatic heterocycles. The fourth-order valence-electron chi connectivity index (χ4n) is 2.35. The van der Waals surface area contributed by atoms with Crippen molar-refractivity contribution in [2.45, 2.75) is 58.5 Å². The first-order valence-corrected chi connectivity index (χ1v) is 8.86. The lowest BCUT2D eigenvalue weighted by Crippen LogP contribution is -2.40. The number of aromatic nitrogens is 1. The van der Waals surface area contributed by atoms with E-state index in [0.717, 1.165) is 24.3 Å². The van der Waals surface area contributed by atoms with Gasteiger partial charge in [-0.3, -0.25) is 4.79 Å². The SMILES string of the molecule is CC(C)(C)OC(=O)NCC(=O)NCCc1nc2c(s1)CCCC2. The number of aryl methyl sites for hydroxylation is 2. The van der Waals surface area contributed by atoms with Gasteiger partial charge in [-0.2, -0.15) is 0 Å². The smallest absolute Gasteiger partial charge is 0.408 e. The van der Waals surface area contributed by atoms with Gasteiger partial charge in [0.2, 0.25) is 5.91 Å². The number of ether oxygens (including phenoxy) is 1. The van der Waals surface area contributed by atoms with E-state index in [4.69, 9.17) is 4.74 Å². The molecule has 0 spiro atoms. The van der Waals surface area contributed by atoms with E-state index in [-0.39, 0.29) is 12.5 Å². The van der Waals surface area contributed by atoms with Gasteiger partial charge in [0.1, 0.15) is 5.60 Å². The van der Waals surface area contributed by atoms with Crippen LogP contribution in [0.15, 0.2) is 0 Å². The van der Waals surface area contributed by atoms with E-state index < -0.39 is 11.7 Å². The molecular weight excluding hydrogens is 314 g/mol. The number of alkyl carbamates (subject to hydrolysis) is 1. The van der Waals surface area contributed by atoms with Gasteiger partial charge >= 0.3 is 6.09 Å². The summed E-state index contributed by atoms with van der Waals surface area (Å²) < 4.78 is 5.07. The second-order valence-electron chi connectivity index (χ2n) is 6.64. The highest BCUT2D eigenvalue weighted by atomic mass is 32.1. The molecule has 0 saturated carbocycles. The second kappa shape index (κ2) is 7.77. The van der Waals surface area contributed by atoms with Crippen LogP contribution in [0.3, 0.4) is 0 Å². The van der Waals surface area contributed by atoms with Gasteiger partial charge in [-0.15, -0.1) is 11.3 Å². The number of carbonyl (C=O) groups is 2. The zero-order chi connectivity index (χ0) is 16.9. The number of nitrogens with zero attached hydrogens (tertiary/aromatic N) is 1. The van der Waals surface area contributed by atoms with Crippen LogP contribution in [-0.2, 0) is 28.8 Å². The second-order valence-corrected chi connectivity index (χ2v) is 7.81. The van der Waals surface area contributed by atoms with Crippen molar-refractivity contribution < 1.29 is 14.3 Å². The lowest BCUT2D eigenvalue weighted by Gasteiger charge is -2.19. The van der Waals surface area contributed by atoms with Crippen LogP contribution in [0.5, 0.6) is 0 Å². The summed E-state index contributed by atoms with van der Waals surface area (Å²) in [4.78, 5) is 29.2. The van der Waals surface area contributed by atoms with Gasteiger partial charge in [-0.05, 0) is 46.5 Å². The molecule has 1 aromatic rings. The molecule has 128 valence electrons. The van der Waals surface area contributed by atoms with Gasteiger partial charge in [0, 0.05) is 17.8 Å². The lowest BCUT2D eigenvalue weighted by atomic mass is 10.0. The van der Waals surface area contributed by atoms with Crippen molar-refractivity contribution in [1.29, 1.82) is 0 Å². The van der Waals surface area contributed by atoms with Crippen molar-refractivity contribution in [3.8, 4) is 0 Å². The van der Waals surface area contributed by atoms with Gasteiger partial charge in [0.25, 0.3) is 0 Å². The Hall–Kier alpha value is -1.63. The molecule has 1 aliphatic rings. The maximum atomic E-state index is 11.7. The molecule has 0 radical (unpaired) electrons. The molecule has 1 aromatic heterocycles. The van der Waals surface area contributed by atoms with Crippen molar-refractivity contribution in [1.82, 2.24) is 15.6 Å².